The smallest absolute Gasteiger partial charge is 0.408 e. The molecule has 4 rings (SSSR count). The van der Waals surface area contributed by atoms with E-state index >= 15 is 0 Å². The molecule has 0 spiro atoms. The van der Waals surface area contributed by atoms with E-state index in [9.17, 15) is 29.7 Å². The van der Waals surface area contributed by atoms with Gasteiger partial charge in [0.05, 0.1) is 48.1 Å². The summed E-state index contributed by atoms with van der Waals surface area (Å²) >= 11 is 0. The maximum Gasteiger partial charge on any atom is 0.408 e. The van der Waals surface area contributed by atoms with Crippen LogP contribution in [0.2, 0.25) is 0 Å². The van der Waals surface area contributed by atoms with Crippen molar-refractivity contribution in [2.24, 2.45) is 23.7 Å². The highest BCUT2D eigenvalue weighted by Gasteiger charge is 2.55. The van der Waals surface area contributed by atoms with Gasteiger partial charge in [0.15, 0.2) is 18.7 Å². The Morgan fingerprint density at radius 3 is 2.08 bits per heavy atom. The number of rotatable bonds is 11. The summed E-state index contributed by atoms with van der Waals surface area (Å²) in [5, 5.41) is 38.0. The number of aliphatic hydroxyl groups excluding tert-OH is 2. The molecule has 0 radical (unpaired) electrons. The standard InChI is InChI=1S/C47H78N2O14/c1-16-34-47(11,55)39(52)27(4)36(50)25(2)23-45(9,56-14)40(62-43-37(51)33(49(12)13)22-26(3)58-43)28(5)38(29(6)42(53)60-34)61-35-24-46(10,57-15)41(31(8)59-35)63-44(54)48-30(7)32-20-18-17-19-21-32/h17-21,25-31,33-35,37-41,43,51-52,55H,16,22-24H2,1-15H3,(H,48,54)/t25-,26-,27+,28+,29-,30?,31+,33+,34-,35+,37-,38+,39-,40-,41+,43+,45-,46-,47-/m1/s1. The van der Waals surface area contributed by atoms with Crippen molar-refractivity contribution in [3.8, 4) is 0 Å². The molecule has 1 unspecified atom stereocenters. The summed E-state index contributed by atoms with van der Waals surface area (Å²) in [6.45, 7) is 18.9. The SMILES string of the molecule is CC[C@H]1OC(=O)[C@H](C)[C@@H](O[C@H]2C[C@@](C)(OC)[C@@H](OC(=O)NC(C)c3ccccc3)[C@H](C)O2)[C@H](C)[C@@H](O[C@@H]2O[C@H](C)C[C@H](N(C)C)[C@H]2O)[C@](C)(OC)C[C@@H](C)C(=O)[C@H](C)[C@@H](O)[C@]1(C)O. The average Bonchev–Trinajstić information content (AvgIpc) is 3.24. The molecule has 0 bridgehead atoms. The van der Waals surface area contributed by atoms with Crippen molar-refractivity contribution in [2.45, 2.75) is 192 Å². The van der Waals surface area contributed by atoms with Crippen LogP contribution in [0.15, 0.2) is 30.3 Å². The first-order valence-electron chi connectivity index (χ1n) is 22.6. The van der Waals surface area contributed by atoms with Crippen LogP contribution in [0, 0.1) is 23.7 Å². The molecule has 1 aromatic rings. The number of benzene rings is 1. The molecule has 16 heteroatoms. The number of aliphatic hydroxyl groups is 3. The van der Waals surface area contributed by atoms with Crippen LogP contribution in [-0.2, 0) is 47.5 Å². The summed E-state index contributed by atoms with van der Waals surface area (Å²) in [5.41, 5.74) is -3.53. The lowest BCUT2D eigenvalue weighted by molar-refractivity contribution is -0.319. The number of carbonyl (C=O) groups is 3. The maximum absolute atomic E-state index is 14.5. The predicted octanol–water partition coefficient (Wildman–Crippen LogP) is 4.93. The van der Waals surface area contributed by atoms with Crippen LogP contribution >= 0.6 is 0 Å². The van der Waals surface area contributed by atoms with Crippen molar-refractivity contribution >= 4 is 17.8 Å². The number of esters is 1. The molecule has 0 aromatic heterocycles. The fraction of sp³-hybridized carbons (Fsp3) is 0.809. The van der Waals surface area contributed by atoms with Crippen LogP contribution in [0.25, 0.3) is 0 Å². The van der Waals surface area contributed by atoms with Crippen molar-refractivity contribution in [1.29, 1.82) is 0 Å². The molecule has 3 saturated heterocycles. The fourth-order valence-electron chi connectivity index (χ4n) is 9.94. The summed E-state index contributed by atoms with van der Waals surface area (Å²) in [6.07, 6.45) is -9.91. The van der Waals surface area contributed by atoms with Gasteiger partial charge < -0.3 is 63.4 Å². The van der Waals surface area contributed by atoms with E-state index in [1.807, 2.05) is 70.1 Å². The zero-order valence-corrected chi connectivity index (χ0v) is 40.2. The number of nitrogens with zero attached hydrogens (tertiary/aromatic N) is 1. The molecule has 19 atom stereocenters. The summed E-state index contributed by atoms with van der Waals surface area (Å²) in [7, 11) is 6.77. The number of cyclic esters (lactones) is 1. The number of likely N-dealkylation sites (N-methyl/N-ethyl adjacent to an activating group) is 1. The van der Waals surface area contributed by atoms with E-state index < -0.39 is 108 Å². The van der Waals surface area contributed by atoms with Gasteiger partial charge in [-0.2, -0.15) is 0 Å². The normalized spacial score (nSPS) is 42.8. The Kier molecular flexibility index (Phi) is 18.2. The molecular weight excluding hydrogens is 817 g/mol. The molecule has 3 fully saturated rings. The minimum atomic E-state index is -2.00. The molecule has 3 aliphatic rings. The van der Waals surface area contributed by atoms with E-state index in [-0.39, 0.29) is 43.2 Å². The van der Waals surface area contributed by atoms with Gasteiger partial charge in [-0.15, -0.1) is 0 Å². The molecule has 4 N–H and O–H groups in total. The van der Waals surface area contributed by atoms with E-state index in [0.29, 0.717) is 6.42 Å². The number of ketones is 1. The van der Waals surface area contributed by atoms with Crippen LogP contribution in [0.4, 0.5) is 4.79 Å². The molecule has 360 valence electrons. The van der Waals surface area contributed by atoms with E-state index in [4.69, 9.17) is 37.9 Å². The van der Waals surface area contributed by atoms with E-state index in [1.165, 1.54) is 21.1 Å². The van der Waals surface area contributed by atoms with Crippen LogP contribution in [0.5, 0.6) is 0 Å². The lowest BCUT2D eigenvalue weighted by Crippen LogP contribution is -2.62. The van der Waals surface area contributed by atoms with Gasteiger partial charge in [-0.05, 0) is 87.4 Å². The lowest BCUT2D eigenvalue weighted by atomic mass is 9.74. The van der Waals surface area contributed by atoms with Crippen LogP contribution < -0.4 is 5.32 Å². The number of hydrogen-bond acceptors (Lipinski definition) is 15. The van der Waals surface area contributed by atoms with Crippen LogP contribution in [0.1, 0.15) is 113 Å². The first-order valence-corrected chi connectivity index (χ1v) is 22.6. The molecule has 63 heavy (non-hydrogen) atoms. The van der Waals surface area contributed by atoms with Gasteiger partial charge >= 0.3 is 12.1 Å². The molecular formula is C47H78N2O14. The molecule has 0 saturated carbocycles. The van der Waals surface area contributed by atoms with Gasteiger partial charge in [0.25, 0.3) is 0 Å². The Balaban J connectivity index is 1.78. The Morgan fingerprint density at radius 2 is 1.51 bits per heavy atom. The first-order chi connectivity index (χ1) is 29.3. The largest absolute Gasteiger partial charge is 0.459 e. The van der Waals surface area contributed by atoms with Gasteiger partial charge in [0.2, 0.25) is 0 Å². The minimum Gasteiger partial charge on any atom is -0.459 e. The molecule has 3 heterocycles. The number of ether oxygens (including phenoxy) is 8. The molecule has 1 aromatic carbocycles. The Bertz CT molecular complexity index is 1650. The Labute approximate surface area is 374 Å². The second-order valence-electron chi connectivity index (χ2n) is 19.3. The van der Waals surface area contributed by atoms with E-state index in [2.05, 4.69) is 5.32 Å². The quantitative estimate of drug-likeness (QED) is 0.218. The number of methoxy groups -OCH3 is 2. The zero-order valence-electron chi connectivity index (χ0n) is 40.2. The number of amides is 1. The lowest BCUT2D eigenvalue weighted by Gasteiger charge is -2.50. The molecule has 0 aliphatic carbocycles. The van der Waals surface area contributed by atoms with Crippen LogP contribution in [-0.4, -0.2) is 151 Å². The third-order valence-corrected chi connectivity index (χ3v) is 14.1. The van der Waals surface area contributed by atoms with Crippen LogP contribution in [0.3, 0.4) is 0 Å². The number of hydrogen-bond donors (Lipinski definition) is 4. The molecule has 1 amide bonds. The topological polar surface area (TPSA) is 201 Å². The Morgan fingerprint density at radius 1 is 0.905 bits per heavy atom. The van der Waals surface area contributed by atoms with Gasteiger partial charge in [0.1, 0.15) is 29.2 Å². The summed E-state index contributed by atoms with van der Waals surface area (Å²) < 4.78 is 51.0. The maximum atomic E-state index is 14.5. The monoisotopic (exact) mass is 895 g/mol. The first kappa shape index (κ1) is 52.9. The van der Waals surface area contributed by atoms with Crippen molar-refractivity contribution in [2.75, 3.05) is 28.3 Å². The van der Waals surface area contributed by atoms with Gasteiger partial charge in [0, 0.05) is 44.4 Å². The zero-order chi connectivity index (χ0) is 47.4. The molecule has 3 aliphatic heterocycles. The highest BCUT2D eigenvalue weighted by atomic mass is 16.7. The number of carbonyl (C=O) groups excluding carboxylic acids is 3. The second kappa shape index (κ2) is 21.7. The summed E-state index contributed by atoms with van der Waals surface area (Å²) in [6, 6.07) is 8.84. The van der Waals surface area contributed by atoms with Crippen molar-refractivity contribution in [1.82, 2.24) is 10.2 Å². The second-order valence-corrected chi connectivity index (χ2v) is 19.3. The highest BCUT2D eigenvalue weighted by Crippen LogP contribution is 2.42. The average molecular weight is 895 g/mol. The fourth-order valence-corrected chi connectivity index (χ4v) is 9.94. The third kappa shape index (κ3) is 12.0. The van der Waals surface area contributed by atoms with Crippen molar-refractivity contribution in [3.05, 3.63) is 35.9 Å². The van der Waals surface area contributed by atoms with E-state index in [0.717, 1.165) is 5.56 Å². The summed E-state index contributed by atoms with van der Waals surface area (Å²) in [5.74, 6) is -4.69. The van der Waals surface area contributed by atoms with Crippen molar-refractivity contribution in [3.63, 3.8) is 0 Å². The highest BCUT2D eigenvalue weighted by molar-refractivity contribution is 5.83. The number of nitrogens with one attached hydrogen (secondary N) is 1. The van der Waals surface area contributed by atoms with Gasteiger partial charge in [-0.25, -0.2) is 4.79 Å². The predicted molar refractivity (Wildman–Crippen MR) is 233 cm³/mol. The number of Topliss-reactive ketones (excluding diaryl/α,β-unsaturated/α-hetero) is 1. The Hall–Kier alpha value is -2.77. The van der Waals surface area contributed by atoms with Gasteiger partial charge in [-0.3, -0.25) is 9.59 Å². The van der Waals surface area contributed by atoms with Crippen molar-refractivity contribution < 1.29 is 67.6 Å². The third-order valence-electron chi connectivity index (χ3n) is 14.1. The molecule has 16 nitrogen and oxygen atoms in total. The number of alkyl carbamates (subject to hydrolysis) is 1. The van der Waals surface area contributed by atoms with Gasteiger partial charge in [-0.1, -0.05) is 58.0 Å². The minimum absolute atomic E-state index is 0.0620. The summed E-state index contributed by atoms with van der Waals surface area (Å²) in [4.78, 5) is 43.8. The van der Waals surface area contributed by atoms with E-state index in [1.54, 1.807) is 48.5 Å².